The molecule has 0 spiro atoms. The highest BCUT2D eigenvalue weighted by Crippen LogP contribution is 2.26. The number of aromatic nitrogens is 3. The molecule has 124 valence electrons. The number of rotatable bonds is 5. The van der Waals surface area contributed by atoms with Crippen LogP contribution in [0.5, 0.6) is 0 Å². The molecule has 7 heteroatoms. The van der Waals surface area contributed by atoms with Crippen LogP contribution in [0.25, 0.3) is 10.7 Å². The molecule has 0 aliphatic heterocycles. The van der Waals surface area contributed by atoms with Gasteiger partial charge in [0.25, 0.3) is 0 Å². The van der Waals surface area contributed by atoms with Crippen LogP contribution in [0, 0.1) is 4.77 Å². The van der Waals surface area contributed by atoms with Crippen molar-refractivity contribution in [1.82, 2.24) is 20.1 Å². The van der Waals surface area contributed by atoms with E-state index < -0.39 is 6.04 Å². The summed E-state index contributed by atoms with van der Waals surface area (Å²) in [6, 6.07) is 13.2. The quantitative estimate of drug-likeness (QED) is 0.675. The van der Waals surface area contributed by atoms with Crippen LogP contribution in [0.4, 0.5) is 0 Å². The molecule has 3 rings (SSSR count). The Balaban J connectivity index is 1.82. The van der Waals surface area contributed by atoms with E-state index in [9.17, 15) is 4.79 Å². The Hall–Kier alpha value is -2.25. The number of amides is 1. The second kappa shape index (κ2) is 7.11. The predicted molar refractivity (Wildman–Crippen MR) is 98.4 cm³/mol. The Morgan fingerprint density at radius 2 is 2.00 bits per heavy atom. The first kappa shape index (κ1) is 16.6. The summed E-state index contributed by atoms with van der Waals surface area (Å²) >= 11 is 6.88. The van der Waals surface area contributed by atoms with E-state index in [2.05, 4.69) is 15.5 Å². The SMILES string of the molecule is C[C@H](C(=O)N[C@H](C)c1ccccc1)n1c(-c2cccs2)n[nH]c1=S. The van der Waals surface area contributed by atoms with Crippen molar-refractivity contribution in [2.75, 3.05) is 0 Å². The van der Waals surface area contributed by atoms with E-state index in [1.807, 2.05) is 61.7 Å². The van der Waals surface area contributed by atoms with E-state index in [0.717, 1.165) is 10.4 Å². The summed E-state index contributed by atoms with van der Waals surface area (Å²) in [7, 11) is 0. The normalized spacial score (nSPS) is 13.4. The first-order valence-electron chi connectivity index (χ1n) is 7.64. The summed E-state index contributed by atoms with van der Waals surface area (Å²) in [5, 5.41) is 12.1. The molecule has 0 aliphatic rings. The highest BCUT2D eigenvalue weighted by molar-refractivity contribution is 7.71. The molecular formula is C17H18N4OS2. The fourth-order valence-corrected chi connectivity index (χ4v) is 3.52. The first-order valence-corrected chi connectivity index (χ1v) is 8.93. The monoisotopic (exact) mass is 358 g/mol. The zero-order valence-electron chi connectivity index (χ0n) is 13.4. The van der Waals surface area contributed by atoms with Crippen molar-refractivity contribution < 1.29 is 4.79 Å². The van der Waals surface area contributed by atoms with Crippen LogP contribution in [-0.4, -0.2) is 20.7 Å². The number of aromatic amines is 1. The molecule has 0 saturated carbocycles. The molecule has 2 atom stereocenters. The fraction of sp³-hybridized carbons (Fsp3) is 0.235. The molecule has 0 saturated heterocycles. The Kier molecular flexibility index (Phi) is 4.92. The van der Waals surface area contributed by atoms with Crippen LogP contribution in [0.1, 0.15) is 31.5 Å². The molecule has 5 nitrogen and oxygen atoms in total. The highest BCUT2D eigenvalue weighted by atomic mass is 32.1. The molecule has 2 aromatic heterocycles. The van der Waals surface area contributed by atoms with Gasteiger partial charge in [-0.3, -0.25) is 14.5 Å². The van der Waals surface area contributed by atoms with Gasteiger partial charge in [-0.15, -0.1) is 11.3 Å². The van der Waals surface area contributed by atoms with Gasteiger partial charge in [0.1, 0.15) is 6.04 Å². The summed E-state index contributed by atoms with van der Waals surface area (Å²) in [5.74, 6) is 0.590. The Labute approximate surface area is 149 Å². The molecule has 3 aromatic rings. The lowest BCUT2D eigenvalue weighted by molar-refractivity contribution is -0.124. The molecule has 1 aromatic carbocycles. The predicted octanol–water partition coefficient (Wildman–Crippen LogP) is 4.11. The number of H-pyrrole nitrogens is 1. The summed E-state index contributed by atoms with van der Waals surface area (Å²) < 4.78 is 2.20. The van der Waals surface area contributed by atoms with Crippen LogP contribution in [0.15, 0.2) is 47.8 Å². The van der Waals surface area contributed by atoms with Crippen molar-refractivity contribution >= 4 is 29.5 Å². The van der Waals surface area contributed by atoms with E-state index >= 15 is 0 Å². The summed E-state index contributed by atoms with van der Waals surface area (Å²) in [6.07, 6.45) is 0. The third kappa shape index (κ3) is 3.32. The minimum Gasteiger partial charge on any atom is -0.348 e. The van der Waals surface area contributed by atoms with Gasteiger partial charge in [0, 0.05) is 0 Å². The Morgan fingerprint density at radius 3 is 2.67 bits per heavy atom. The third-order valence-corrected chi connectivity index (χ3v) is 5.02. The van der Waals surface area contributed by atoms with E-state index in [1.54, 1.807) is 15.9 Å². The molecule has 1 amide bonds. The Bertz CT molecular complexity index is 868. The van der Waals surface area contributed by atoms with Crippen molar-refractivity contribution in [3.63, 3.8) is 0 Å². The van der Waals surface area contributed by atoms with Gasteiger partial charge in [-0.25, -0.2) is 0 Å². The van der Waals surface area contributed by atoms with E-state index in [0.29, 0.717) is 10.6 Å². The number of carbonyl (C=O) groups is 1. The molecule has 0 radical (unpaired) electrons. The van der Waals surface area contributed by atoms with Crippen LogP contribution < -0.4 is 5.32 Å². The van der Waals surface area contributed by atoms with Crippen molar-refractivity contribution in [2.45, 2.75) is 25.9 Å². The van der Waals surface area contributed by atoms with Crippen molar-refractivity contribution in [2.24, 2.45) is 0 Å². The van der Waals surface area contributed by atoms with Gasteiger partial charge in [-0.1, -0.05) is 36.4 Å². The van der Waals surface area contributed by atoms with E-state index in [-0.39, 0.29) is 11.9 Å². The Morgan fingerprint density at radius 1 is 1.25 bits per heavy atom. The zero-order valence-corrected chi connectivity index (χ0v) is 15.0. The fourth-order valence-electron chi connectivity index (χ4n) is 2.52. The molecule has 2 N–H and O–H groups in total. The van der Waals surface area contributed by atoms with Gasteiger partial charge in [0.05, 0.1) is 10.9 Å². The number of carbonyl (C=O) groups excluding carboxylic acids is 1. The second-order valence-electron chi connectivity index (χ2n) is 5.52. The van der Waals surface area contributed by atoms with Crippen LogP contribution in [0.3, 0.4) is 0 Å². The van der Waals surface area contributed by atoms with Gasteiger partial charge < -0.3 is 5.32 Å². The molecule has 0 unspecified atom stereocenters. The lowest BCUT2D eigenvalue weighted by atomic mass is 10.1. The maximum absolute atomic E-state index is 12.7. The summed E-state index contributed by atoms with van der Waals surface area (Å²) in [5.41, 5.74) is 1.06. The van der Waals surface area contributed by atoms with Crippen molar-refractivity contribution in [1.29, 1.82) is 0 Å². The van der Waals surface area contributed by atoms with Gasteiger partial charge in [0.2, 0.25) is 5.91 Å². The largest absolute Gasteiger partial charge is 0.348 e. The number of benzene rings is 1. The van der Waals surface area contributed by atoms with Gasteiger partial charge in [-0.2, -0.15) is 5.10 Å². The van der Waals surface area contributed by atoms with Crippen LogP contribution >= 0.6 is 23.6 Å². The lowest BCUT2D eigenvalue weighted by Gasteiger charge is -2.19. The van der Waals surface area contributed by atoms with Crippen LogP contribution in [0.2, 0.25) is 0 Å². The molecule has 0 fully saturated rings. The standard InChI is InChI=1S/C17H18N4OS2/c1-11(13-7-4-3-5-8-13)18-16(22)12(2)21-15(19-20-17(21)23)14-9-6-10-24-14/h3-12H,1-2H3,(H,18,22)(H,20,23)/t11-,12-/m1/s1. The minimum atomic E-state index is -0.459. The minimum absolute atomic E-state index is 0.0765. The molecular weight excluding hydrogens is 340 g/mol. The molecule has 0 bridgehead atoms. The van der Waals surface area contributed by atoms with Gasteiger partial charge in [0.15, 0.2) is 10.6 Å². The second-order valence-corrected chi connectivity index (χ2v) is 6.85. The van der Waals surface area contributed by atoms with Gasteiger partial charge >= 0.3 is 0 Å². The first-order chi connectivity index (χ1) is 11.6. The van der Waals surface area contributed by atoms with Crippen molar-refractivity contribution in [3.05, 3.63) is 58.2 Å². The number of thiophene rings is 1. The average molecular weight is 358 g/mol. The maximum atomic E-state index is 12.7. The smallest absolute Gasteiger partial charge is 0.243 e. The number of hydrogen-bond donors (Lipinski definition) is 2. The number of nitrogens with one attached hydrogen (secondary N) is 2. The third-order valence-electron chi connectivity index (χ3n) is 3.87. The highest BCUT2D eigenvalue weighted by Gasteiger charge is 2.22. The van der Waals surface area contributed by atoms with Gasteiger partial charge in [-0.05, 0) is 43.1 Å². The topological polar surface area (TPSA) is 62.7 Å². The lowest BCUT2D eigenvalue weighted by Crippen LogP contribution is -2.33. The van der Waals surface area contributed by atoms with Crippen LogP contribution in [-0.2, 0) is 4.79 Å². The average Bonchev–Trinajstić information content (AvgIpc) is 3.24. The van der Waals surface area contributed by atoms with E-state index in [4.69, 9.17) is 12.2 Å². The van der Waals surface area contributed by atoms with E-state index in [1.165, 1.54) is 0 Å². The molecule has 2 heterocycles. The zero-order chi connectivity index (χ0) is 17.1. The summed E-state index contributed by atoms with van der Waals surface area (Å²) in [4.78, 5) is 13.7. The maximum Gasteiger partial charge on any atom is 0.243 e. The number of nitrogens with zero attached hydrogens (tertiary/aromatic N) is 2. The van der Waals surface area contributed by atoms with Crippen molar-refractivity contribution in [3.8, 4) is 10.7 Å². The number of hydrogen-bond acceptors (Lipinski definition) is 4. The summed E-state index contributed by atoms with van der Waals surface area (Å²) in [6.45, 7) is 3.80. The molecule has 24 heavy (non-hydrogen) atoms. The molecule has 0 aliphatic carbocycles.